The van der Waals surface area contributed by atoms with E-state index in [1.54, 1.807) is 6.07 Å². The number of likely N-dealkylation sites (tertiary alicyclic amines) is 1. The Labute approximate surface area is 137 Å². The lowest BCUT2D eigenvalue weighted by molar-refractivity contribution is 0.0689. The van der Waals surface area contributed by atoms with E-state index < -0.39 is 5.82 Å². The van der Waals surface area contributed by atoms with Crippen LogP contribution in [0, 0.1) is 11.7 Å². The molecule has 1 saturated heterocycles. The Morgan fingerprint density at radius 3 is 2.64 bits per heavy atom. The van der Waals surface area contributed by atoms with E-state index in [9.17, 15) is 9.18 Å². The molecule has 4 nitrogen and oxygen atoms in total. The zero-order valence-corrected chi connectivity index (χ0v) is 13.9. The lowest BCUT2D eigenvalue weighted by Crippen LogP contribution is -2.40. The highest BCUT2D eigenvalue weighted by Crippen LogP contribution is 2.21. The molecule has 6 heteroatoms. The molecular weight excluding hydrogens is 307 g/mol. The number of nitrogens with zero attached hydrogens (tertiary/aromatic N) is 1. The van der Waals surface area contributed by atoms with Crippen LogP contribution < -0.4 is 10.1 Å². The van der Waals surface area contributed by atoms with Gasteiger partial charge in [-0.1, -0.05) is 6.92 Å². The molecule has 1 heterocycles. The van der Waals surface area contributed by atoms with Crippen molar-refractivity contribution < 1.29 is 13.9 Å². The third-order valence-electron chi connectivity index (χ3n) is 3.98. The second-order valence-electron chi connectivity index (χ2n) is 5.39. The van der Waals surface area contributed by atoms with Gasteiger partial charge in [0.2, 0.25) is 0 Å². The first kappa shape index (κ1) is 18.7. The number of methoxy groups -OCH3 is 1. The van der Waals surface area contributed by atoms with E-state index >= 15 is 0 Å². The van der Waals surface area contributed by atoms with Gasteiger partial charge in [0, 0.05) is 18.7 Å². The third-order valence-corrected chi connectivity index (χ3v) is 3.98. The van der Waals surface area contributed by atoms with E-state index in [0.717, 1.165) is 39.0 Å². The van der Waals surface area contributed by atoms with Crippen molar-refractivity contribution in [2.75, 3.05) is 33.3 Å². The molecule has 0 unspecified atom stereocenters. The maximum Gasteiger partial charge on any atom is 0.253 e. The normalized spacial score (nSPS) is 15.3. The highest BCUT2D eigenvalue weighted by atomic mass is 35.5. The van der Waals surface area contributed by atoms with Crippen LogP contribution in [0.2, 0.25) is 0 Å². The minimum atomic E-state index is -0.495. The Kier molecular flexibility index (Phi) is 7.62. The van der Waals surface area contributed by atoms with Gasteiger partial charge in [-0.15, -0.1) is 12.4 Å². The number of rotatable bonds is 5. The number of hydrogen-bond acceptors (Lipinski definition) is 3. The fraction of sp³-hybridized carbons (Fsp3) is 0.562. The molecule has 1 fully saturated rings. The summed E-state index contributed by atoms with van der Waals surface area (Å²) >= 11 is 0. The number of nitrogens with one attached hydrogen (secondary N) is 1. The van der Waals surface area contributed by atoms with Gasteiger partial charge in [0.05, 0.1) is 7.11 Å². The largest absolute Gasteiger partial charge is 0.494 e. The van der Waals surface area contributed by atoms with Gasteiger partial charge in [-0.2, -0.15) is 0 Å². The molecule has 124 valence electrons. The first-order valence-corrected chi connectivity index (χ1v) is 7.49. The molecule has 0 spiro atoms. The molecule has 2 rings (SSSR count). The Bertz CT molecular complexity index is 491. The van der Waals surface area contributed by atoms with E-state index in [-0.39, 0.29) is 24.1 Å². The van der Waals surface area contributed by atoms with Crippen LogP contribution in [0.1, 0.15) is 30.1 Å². The number of hydrogen-bond donors (Lipinski definition) is 1. The standard InChI is InChI=1S/C16H23FN2O2.ClH/c1-3-18-11-12-6-8-19(9-7-12)16(20)13-4-5-15(21-2)14(17)10-13;/h4-5,10,12,18H,3,6-9,11H2,1-2H3;1H. The van der Waals surface area contributed by atoms with Crippen molar-refractivity contribution in [3.8, 4) is 5.75 Å². The molecule has 0 radical (unpaired) electrons. The van der Waals surface area contributed by atoms with Crippen LogP contribution in [0.4, 0.5) is 4.39 Å². The van der Waals surface area contributed by atoms with Crippen LogP contribution in [0.15, 0.2) is 18.2 Å². The predicted molar refractivity (Wildman–Crippen MR) is 87.4 cm³/mol. The van der Waals surface area contributed by atoms with Gasteiger partial charge in [0.1, 0.15) is 0 Å². The SMILES string of the molecule is CCNCC1CCN(C(=O)c2ccc(OC)c(F)c2)CC1.Cl. The zero-order valence-electron chi connectivity index (χ0n) is 13.1. The molecule has 0 saturated carbocycles. The lowest BCUT2D eigenvalue weighted by atomic mass is 9.96. The van der Waals surface area contributed by atoms with Gasteiger partial charge in [-0.25, -0.2) is 4.39 Å². The molecule has 0 aliphatic carbocycles. The van der Waals surface area contributed by atoms with E-state index in [0.29, 0.717) is 11.5 Å². The average molecular weight is 331 g/mol. The smallest absolute Gasteiger partial charge is 0.253 e. The molecule has 1 N–H and O–H groups in total. The zero-order chi connectivity index (χ0) is 15.2. The molecule has 0 aromatic heterocycles. The quantitative estimate of drug-likeness (QED) is 0.902. The van der Waals surface area contributed by atoms with Crippen molar-refractivity contribution in [3.05, 3.63) is 29.6 Å². The molecule has 0 atom stereocenters. The van der Waals surface area contributed by atoms with Crippen LogP contribution in [-0.4, -0.2) is 44.1 Å². The molecule has 1 aromatic carbocycles. The van der Waals surface area contributed by atoms with Crippen molar-refractivity contribution in [1.29, 1.82) is 0 Å². The highest BCUT2D eigenvalue weighted by Gasteiger charge is 2.23. The number of halogens is 2. The van der Waals surface area contributed by atoms with Crippen molar-refractivity contribution >= 4 is 18.3 Å². The van der Waals surface area contributed by atoms with E-state index in [1.807, 2.05) is 4.90 Å². The second-order valence-corrected chi connectivity index (χ2v) is 5.39. The summed E-state index contributed by atoms with van der Waals surface area (Å²) < 4.78 is 18.5. The number of carbonyl (C=O) groups is 1. The van der Waals surface area contributed by atoms with Crippen molar-refractivity contribution in [1.82, 2.24) is 10.2 Å². The molecule has 1 aromatic rings. The molecule has 1 amide bonds. The predicted octanol–water partition coefficient (Wildman–Crippen LogP) is 2.72. The van der Waals surface area contributed by atoms with Crippen LogP contribution >= 0.6 is 12.4 Å². The van der Waals surface area contributed by atoms with Gasteiger partial charge in [0.15, 0.2) is 11.6 Å². The molecule has 0 bridgehead atoms. The minimum Gasteiger partial charge on any atom is -0.494 e. The average Bonchev–Trinajstić information content (AvgIpc) is 2.52. The van der Waals surface area contributed by atoms with E-state index in [1.165, 1.54) is 19.2 Å². The van der Waals surface area contributed by atoms with Crippen LogP contribution in [0.5, 0.6) is 5.75 Å². The molecule has 1 aliphatic rings. The fourth-order valence-corrected chi connectivity index (χ4v) is 2.67. The Balaban J connectivity index is 0.00000242. The monoisotopic (exact) mass is 330 g/mol. The fourth-order valence-electron chi connectivity index (χ4n) is 2.67. The molecular formula is C16H24ClFN2O2. The Hall–Kier alpha value is -1.33. The van der Waals surface area contributed by atoms with Crippen molar-refractivity contribution in [2.45, 2.75) is 19.8 Å². The van der Waals surface area contributed by atoms with Gasteiger partial charge in [0.25, 0.3) is 5.91 Å². The van der Waals surface area contributed by atoms with Crippen LogP contribution in [-0.2, 0) is 0 Å². The summed E-state index contributed by atoms with van der Waals surface area (Å²) in [6.45, 7) is 5.56. The number of carbonyl (C=O) groups excluding carboxylic acids is 1. The van der Waals surface area contributed by atoms with Gasteiger partial charge < -0.3 is 15.0 Å². The van der Waals surface area contributed by atoms with Crippen LogP contribution in [0.25, 0.3) is 0 Å². The van der Waals surface area contributed by atoms with Crippen molar-refractivity contribution in [3.63, 3.8) is 0 Å². The highest BCUT2D eigenvalue weighted by molar-refractivity contribution is 5.94. The second kappa shape index (κ2) is 8.96. The number of benzene rings is 1. The summed E-state index contributed by atoms with van der Waals surface area (Å²) in [5.41, 5.74) is 0.387. The number of piperidine rings is 1. The van der Waals surface area contributed by atoms with E-state index in [2.05, 4.69) is 12.2 Å². The molecule has 1 aliphatic heterocycles. The maximum atomic E-state index is 13.7. The van der Waals surface area contributed by atoms with Gasteiger partial charge in [-0.3, -0.25) is 4.79 Å². The van der Waals surface area contributed by atoms with Crippen molar-refractivity contribution in [2.24, 2.45) is 5.92 Å². The minimum absolute atomic E-state index is 0. The van der Waals surface area contributed by atoms with Crippen LogP contribution in [0.3, 0.4) is 0 Å². The number of ether oxygens (including phenoxy) is 1. The summed E-state index contributed by atoms with van der Waals surface area (Å²) in [7, 11) is 1.41. The molecule has 22 heavy (non-hydrogen) atoms. The summed E-state index contributed by atoms with van der Waals surface area (Å²) in [4.78, 5) is 14.2. The van der Waals surface area contributed by atoms with Gasteiger partial charge >= 0.3 is 0 Å². The Morgan fingerprint density at radius 1 is 1.41 bits per heavy atom. The maximum absolute atomic E-state index is 13.7. The van der Waals surface area contributed by atoms with Gasteiger partial charge in [-0.05, 0) is 50.0 Å². The lowest BCUT2D eigenvalue weighted by Gasteiger charge is -2.32. The summed E-state index contributed by atoms with van der Waals surface area (Å²) in [5, 5.41) is 3.35. The first-order chi connectivity index (χ1) is 10.2. The summed E-state index contributed by atoms with van der Waals surface area (Å²) in [5.74, 6) is 0.196. The first-order valence-electron chi connectivity index (χ1n) is 7.49. The summed E-state index contributed by atoms with van der Waals surface area (Å²) in [6, 6.07) is 4.38. The third kappa shape index (κ3) is 4.58. The Morgan fingerprint density at radius 2 is 2.09 bits per heavy atom. The topological polar surface area (TPSA) is 41.6 Å². The summed E-state index contributed by atoms with van der Waals surface area (Å²) in [6.07, 6.45) is 1.99. The van der Waals surface area contributed by atoms with E-state index in [4.69, 9.17) is 4.74 Å². The number of amides is 1.